The first-order chi connectivity index (χ1) is 13.9. The highest BCUT2D eigenvalue weighted by atomic mass is 32.2. The molecule has 8 heteroatoms. The molecule has 1 amide bonds. The number of carbonyl (C=O) groups is 1. The van der Waals surface area contributed by atoms with E-state index in [0.29, 0.717) is 42.3 Å². The average molecular weight is 419 g/mol. The van der Waals surface area contributed by atoms with Crippen molar-refractivity contribution in [1.29, 1.82) is 0 Å². The number of methoxy groups -OCH3 is 2. The minimum Gasteiger partial charge on any atom is -0.496 e. The second-order valence-corrected chi connectivity index (χ2v) is 8.96. The number of hydrogen-bond donors (Lipinski definition) is 0. The molecule has 1 aliphatic heterocycles. The molecule has 2 aromatic carbocycles. The van der Waals surface area contributed by atoms with E-state index in [2.05, 4.69) is 0 Å². The maximum atomic E-state index is 12.9. The van der Waals surface area contributed by atoms with Crippen molar-refractivity contribution in [2.75, 3.05) is 37.9 Å². The van der Waals surface area contributed by atoms with Gasteiger partial charge in [0.2, 0.25) is 10.0 Å². The summed E-state index contributed by atoms with van der Waals surface area (Å²) in [6.07, 6.45) is 1.52. The normalized spacial score (nSPS) is 15.6. The minimum atomic E-state index is -3.27. The van der Waals surface area contributed by atoms with E-state index < -0.39 is 10.0 Å². The Hall–Kier alpha value is -2.74. The van der Waals surface area contributed by atoms with Crippen LogP contribution in [0.2, 0.25) is 0 Å². The van der Waals surface area contributed by atoms with Crippen LogP contribution in [0.4, 0.5) is 5.69 Å². The van der Waals surface area contributed by atoms with Gasteiger partial charge in [0, 0.05) is 19.2 Å². The van der Waals surface area contributed by atoms with E-state index in [1.54, 1.807) is 50.4 Å². The van der Waals surface area contributed by atoms with Crippen molar-refractivity contribution in [3.63, 3.8) is 0 Å². The Balaban J connectivity index is 1.77. The second-order valence-electron chi connectivity index (χ2n) is 6.94. The Bertz CT molecular complexity index is 951. The summed E-state index contributed by atoms with van der Waals surface area (Å²) in [5, 5.41) is 0. The maximum Gasteiger partial charge on any atom is 0.253 e. The predicted octanol–water partition coefficient (Wildman–Crippen LogP) is 2.91. The zero-order valence-corrected chi connectivity index (χ0v) is 17.7. The van der Waals surface area contributed by atoms with Crippen molar-refractivity contribution in [1.82, 2.24) is 4.90 Å². The quantitative estimate of drug-likeness (QED) is 0.721. The number of ether oxygens (including phenoxy) is 2. The molecule has 0 N–H and O–H groups in total. The number of rotatable bonds is 6. The number of nitrogens with zero attached hydrogens (tertiary/aromatic N) is 2. The standard InChI is InChI=1S/C21H26N2O5S/c1-22(15-18-19(27-2)7-6-8-20(18)28-3)21(24)16-9-11-17(12-10-16)23-13-4-5-14-29(23,25)26/h6-12H,4-5,13-15H2,1-3H3. The van der Waals surface area contributed by atoms with Gasteiger partial charge in [0.05, 0.1) is 37.8 Å². The van der Waals surface area contributed by atoms with E-state index in [4.69, 9.17) is 9.47 Å². The Labute approximate surface area is 171 Å². The van der Waals surface area contributed by atoms with Gasteiger partial charge in [-0.15, -0.1) is 0 Å². The summed E-state index contributed by atoms with van der Waals surface area (Å²) in [5.41, 5.74) is 1.86. The van der Waals surface area contributed by atoms with Crippen LogP contribution in [0.15, 0.2) is 42.5 Å². The fourth-order valence-corrected chi connectivity index (χ4v) is 5.10. The van der Waals surface area contributed by atoms with Gasteiger partial charge < -0.3 is 14.4 Å². The average Bonchev–Trinajstić information content (AvgIpc) is 2.73. The topological polar surface area (TPSA) is 76.2 Å². The van der Waals surface area contributed by atoms with Crippen LogP contribution in [0, 0.1) is 0 Å². The van der Waals surface area contributed by atoms with Gasteiger partial charge in [0.25, 0.3) is 5.91 Å². The molecule has 156 valence electrons. The lowest BCUT2D eigenvalue weighted by molar-refractivity contribution is 0.0783. The van der Waals surface area contributed by atoms with Crippen LogP contribution in [-0.2, 0) is 16.6 Å². The number of benzene rings is 2. The summed E-state index contributed by atoms with van der Waals surface area (Å²) in [6, 6.07) is 12.2. The largest absolute Gasteiger partial charge is 0.496 e. The van der Waals surface area contributed by atoms with Crippen molar-refractivity contribution < 1.29 is 22.7 Å². The van der Waals surface area contributed by atoms with E-state index in [0.717, 1.165) is 12.0 Å². The number of amides is 1. The molecule has 0 spiro atoms. The molecule has 1 aliphatic rings. The summed E-state index contributed by atoms with van der Waals surface area (Å²) >= 11 is 0. The first-order valence-corrected chi connectivity index (χ1v) is 11.0. The monoisotopic (exact) mass is 418 g/mol. The fraction of sp³-hybridized carbons (Fsp3) is 0.381. The molecule has 0 bridgehead atoms. The minimum absolute atomic E-state index is 0.164. The van der Waals surface area contributed by atoms with Crippen molar-refractivity contribution in [3.8, 4) is 11.5 Å². The second kappa shape index (κ2) is 8.73. The molecule has 1 heterocycles. The van der Waals surface area contributed by atoms with Crippen molar-refractivity contribution >= 4 is 21.6 Å². The van der Waals surface area contributed by atoms with Gasteiger partial charge in [-0.3, -0.25) is 9.10 Å². The van der Waals surface area contributed by atoms with E-state index >= 15 is 0 Å². The number of sulfonamides is 1. The van der Waals surface area contributed by atoms with Crippen molar-refractivity contribution in [2.24, 2.45) is 0 Å². The van der Waals surface area contributed by atoms with Crippen LogP contribution in [-0.4, -0.2) is 52.8 Å². The molecular formula is C21H26N2O5S. The Morgan fingerprint density at radius 2 is 1.66 bits per heavy atom. The van der Waals surface area contributed by atoms with Gasteiger partial charge in [-0.05, 0) is 49.2 Å². The number of hydrogen-bond acceptors (Lipinski definition) is 5. The molecule has 0 aliphatic carbocycles. The Kier molecular flexibility index (Phi) is 6.32. The van der Waals surface area contributed by atoms with E-state index in [1.807, 2.05) is 18.2 Å². The van der Waals surface area contributed by atoms with E-state index in [1.165, 1.54) is 4.31 Å². The first-order valence-electron chi connectivity index (χ1n) is 9.43. The number of anilines is 1. The first kappa shape index (κ1) is 21.0. The molecule has 7 nitrogen and oxygen atoms in total. The SMILES string of the molecule is COc1cccc(OC)c1CN(C)C(=O)c1ccc(N2CCCCS2(=O)=O)cc1. The van der Waals surface area contributed by atoms with Gasteiger partial charge in [0.1, 0.15) is 11.5 Å². The highest BCUT2D eigenvalue weighted by Crippen LogP contribution is 2.30. The highest BCUT2D eigenvalue weighted by Gasteiger charge is 2.26. The fourth-order valence-electron chi connectivity index (χ4n) is 3.46. The van der Waals surface area contributed by atoms with Gasteiger partial charge in [0.15, 0.2) is 0 Å². The highest BCUT2D eigenvalue weighted by molar-refractivity contribution is 7.92. The van der Waals surface area contributed by atoms with E-state index in [-0.39, 0.29) is 11.7 Å². The van der Waals surface area contributed by atoms with Gasteiger partial charge in [-0.25, -0.2) is 8.42 Å². The van der Waals surface area contributed by atoms with Crippen molar-refractivity contribution in [2.45, 2.75) is 19.4 Å². The molecule has 0 atom stereocenters. The smallest absolute Gasteiger partial charge is 0.253 e. The predicted molar refractivity (Wildman–Crippen MR) is 112 cm³/mol. The van der Waals surface area contributed by atoms with Crippen LogP contribution in [0.3, 0.4) is 0 Å². The molecule has 3 rings (SSSR count). The summed E-state index contributed by atoms with van der Waals surface area (Å²) in [5.74, 6) is 1.28. The van der Waals surface area contributed by atoms with Gasteiger partial charge in [-0.2, -0.15) is 0 Å². The summed E-state index contributed by atoms with van der Waals surface area (Å²) in [7, 11) is 1.59. The molecule has 0 aromatic heterocycles. The molecule has 1 saturated heterocycles. The summed E-state index contributed by atoms with van der Waals surface area (Å²) in [6.45, 7) is 0.789. The lowest BCUT2D eigenvalue weighted by Gasteiger charge is -2.28. The van der Waals surface area contributed by atoms with Gasteiger partial charge >= 0.3 is 0 Å². The number of carbonyl (C=O) groups excluding carboxylic acids is 1. The molecule has 0 radical (unpaired) electrons. The van der Waals surface area contributed by atoms with Crippen LogP contribution in [0.5, 0.6) is 11.5 Å². The lowest BCUT2D eigenvalue weighted by Crippen LogP contribution is -2.37. The summed E-state index contributed by atoms with van der Waals surface area (Å²) < 4.78 is 36.7. The molecule has 29 heavy (non-hydrogen) atoms. The zero-order valence-electron chi connectivity index (χ0n) is 16.9. The molecule has 0 saturated carbocycles. The summed E-state index contributed by atoms with van der Waals surface area (Å²) in [4.78, 5) is 14.5. The van der Waals surface area contributed by atoms with Crippen molar-refractivity contribution in [3.05, 3.63) is 53.6 Å². The maximum absolute atomic E-state index is 12.9. The van der Waals surface area contributed by atoms with Crippen LogP contribution >= 0.6 is 0 Å². The van der Waals surface area contributed by atoms with Crippen LogP contribution < -0.4 is 13.8 Å². The molecule has 1 fully saturated rings. The Morgan fingerprint density at radius 3 is 2.21 bits per heavy atom. The lowest BCUT2D eigenvalue weighted by atomic mass is 10.1. The van der Waals surface area contributed by atoms with Gasteiger partial charge in [-0.1, -0.05) is 6.07 Å². The third-order valence-corrected chi connectivity index (χ3v) is 6.89. The zero-order chi connectivity index (χ0) is 21.0. The third-order valence-electron chi connectivity index (χ3n) is 5.02. The molecular weight excluding hydrogens is 392 g/mol. The molecule has 0 unspecified atom stereocenters. The third kappa shape index (κ3) is 4.48. The molecule has 2 aromatic rings. The van der Waals surface area contributed by atoms with E-state index in [9.17, 15) is 13.2 Å². The van der Waals surface area contributed by atoms with Crippen LogP contribution in [0.25, 0.3) is 0 Å². The van der Waals surface area contributed by atoms with Crippen LogP contribution in [0.1, 0.15) is 28.8 Å². The Morgan fingerprint density at radius 1 is 1.03 bits per heavy atom.